The fourth-order valence-corrected chi connectivity index (χ4v) is 9.50. The first-order chi connectivity index (χ1) is 15.1. The second-order valence-corrected chi connectivity index (χ2v) is 15.6. The first-order valence-corrected chi connectivity index (χ1v) is 14.4. The maximum Gasteiger partial charge on any atom is 0.159 e. The molecule has 0 spiro atoms. The minimum absolute atomic E-state index is 0.196. The average molecular weight is 455 g/mol. The summed E-state index contributed by atoms with van der Waals surface area (Å²) in [4.78, 5) is 13.5. The normalized spacial score (nSPS) is 44.5. The number of fused-ring (bicyclic) bond motifs is 5. The van der Waals surface area contributed by atoms with E-state index < -0.39 is 0 Å². The molecule has 0 aliphatic heterocycles. The third kappa shape index (κ3) is 4.10. The van der Waals surface area contributed by atoms with E-state index >= 15 is 0 Å². The van der Waals surface area contributed by atoms with Gasteiger partial charge in [0.2, 0.25) is 0 Å². The van der Waals surface area contributed by atoms with Crippen LogP contribution in [-0.4, -0.2) is 5.78 Å². The van der Waals surface area contributed by atoms with Gasteiger partial charge in [0.25, 0.3) is 0 Å². The molecule has 1 nitrogen and oxygen atoms in total. The summed E-state index contributed by atoms with van der Waals surface area (Å²) in [5.74, 6) is 4.95. The Kier molecular flexibility index (Phi) is 6.36. The fraction of sp³-hybridized carbons (Fsp3) is 0.906. The van der Waals surface area contributed by atoms with Gasteiger partial charge in [-0.3, -0.25) is 4.79 Å². The highest BCUT2D eigenvalue weighted by molar-refractivity contribution is 5.94. The SMILES string of the molecule is C[C@@H]1C[C@H]2C(=O)C=C3C4CC[C@H](C(C)(C)[C@H](C)CCC(C)(C)C)[C@@]4(C)CCC3[C@@]2(C)C[C@@H]1C. The monoisotopic (exact) mass is 454 g/mol. The lowest BCUT2D eigenvalue weighted by Crippen LogP contribution is -2.53. The molecule has 0 heterocycles. The zero-order chi connectivity index (χ0) is 24.6. The Morgan fingerprint density at radius 1 is 0.939 bits per heavy atom. The molecule has 4 rings (SSSR count). The molecule has 0 bridgehead atoms. The Morgan fingerprint density at radius 2 is 1.58 bits per heavy atom. The second kappa shape index (κ2) is 8.23. The van der Waals surface area contributed by atoms with Crippen molar-refractivity contribution in [2.45, 2.75) is 121 Å². The first-order valence-electron chi connectivity index (χ1n) is 14.4. The second-order valence-electron chi connectivity index (χ2n) is 15.6. The van der Waals surface area contributed by atoms with Crippen LogP contribution >= 0.6 is 0 Å². The summed E-state index contributed by atoms with van der Waals surface area (Å²) >= 11 is 0. The largest absolute Gasteiger partial charge is 0.295 e. The zero-order valence-electron chi connectivity index (χ0n) is 23.7. The lowest BCUT2D eigenvalue weighted by molar-refractivity contribution is -0.132. The van der Waals surface area contributed by atoms with Crippen molar-refractivity contribution in [3.63, 3.8) is 0 Å². The Hall–Kier alpha value is -0.590. The Morgan fingerprint density at radius 3 is 2.21 bits per heavy atom. The van der Waals surface area contributed by atoms with E-state index in [1.807, 2.05) is 0 Å². The van der Waals surface area contributed by atoms with Gasteiger partial charge in [-0.15, -0.1) is 0 Å². The molecule has 0 amide bonds. The van der Waals surface area contributed by atoms with E-state index in [-0.39, 0.29) is 11.3 Å². The molecule has 0 saturated heterocycles. The molecule has 188 valence electrons. The van der Waals surface area contributed by atoms with E-state index in [0.29, 0.717) is 39.8 Å². The molecule has 0 N–H and O–H groups in total. The van der Waals surface area contributed by atoms with Gasteiger partial charge in [-0.05, 0) is 115 Å². The van der Waals surface area contributed by atoms with E-state index in [1.165, 1.54) is 44.9 Å². The molecule has 2 unspecified atom stereocenters. The Labute approximate surface area is 206 Å². The van der Waals surface area contributed by atoms with Gasteiger partial charge in [-0.2, -0.15) is 0 Å². The molecule has 33 heavy (non-hydrogen) atoms. The highest BCUT2D eigenvalue weighted by atomic mass is 16.1. The predicted molar refractivity (Wildman–Crippen MR) is 141 cm³/mol. The van der Waals surface area contributed by atoms with Crippen molar-refractivity contribution in [2.75, 3.05) is 0 Å². The summed E-state index contributed by atoms with van der Waals surface area (Å²) in [6.07, 6.45) is 12.5. The van der Waals surface area contributed by atoms with Crippen molar-refractivity contribution in [2.24, 2.45) is 63.1 Å². The number of hydrogen-bond acceptors (Lipinski definition) is 1. The van der Waals surface area contributed by atoms with Gasteiger partial charge in [0.1, 0.15) is 0 Å². The number of carbonyl (C=O) groups is 1. The van der Waals surface area contributed by atoms with Crippen LogP contribution in [0.25, 0.3) is 0 Å². The molecule has 4 aliphatic rings. The van der Waals surface area contributed by atoms with Crippen LogP contribution in [0.15, 0.2) is 11.6 Å². The van der Waals surface area contributed by atoms with Crippen molar-refractivity contribution < 1.29 is 4.79 Å². The molecule has 0 radical (unpaired) electrons. The molecular formula is C32H54O. The maximum absolute atomic E-state index is 13.5. The van der Waals surface area contributed by atoms with Gasteiger partial charge in [-0.25, -0.2) is 0 Å². The third-order valence-electron chi connectivity index (χ3n) is 12.2. The molecule has 9 atom stereocenters. The quantitative estimate of drug-likeness (QED) is 0.414. The van der Waals surface area contributed by atoms with Crippen molar-refractivity contribution in [1.82, 2.24) is 0 Å². The van der Waals surface area contributed by atoms with Gasteiger partial charge in [0, 0.05) is 5.92 Å². The molecule has 4 aliphatic carbocycles. The zero-order valence-corrected chi connectivity index (χ0v) is 23.7. The summed E-state index contributed by atoms with van der Waals surface area (Å²) in [7, 11) is 0. The first kappa shape index (κ1) is 25.5. The molecule has 0 aromatic heterocycles. The van der Waals surface area contributed by atoms with Crippen LogP contribution < -0.4 is 0 Å². The number of allylic oxidation sites excluding steroid dienone is 2. The third-order valence-corrected chi connectivity index (χ3v) is 12.2. The summed E-state index contributed by atoms with van der Waals surface area (Å²) in [6, 6.07) is 0. The molecule has 3 fully saturated rings. The highest BCUT2D eigenvalue weighted by Crippen LogP contribution is 2.69. The number of ketones is 1. The van der Waals surface area contributed by atoms with E-state index in [0.717, 1.165) is 24.2 Å². The molecule has 3 saturated carbocycles. The Balaban J connectivity index is 1.61. The molecular weight excluding hydrogens is 400 g/mol. The van der Waals surface area contributed by atoms with Crippen molar-refractivity contribution in [1.29, 1.82) is 0 Å². The number of hydrogen-bond donors (Lipinski definition) is 0. The fourth-order valence-electron chi connectivity index (χ4n) is 9.50. The van der Waals surface area contributed by atoms with Crippen LogP contribution in [0.2, 0.25) is 0 Å². The maximum atomic E-state index is 13.5. The summed E-state index contributed by atoms with van der Waals surface area (Å²) in [5.41, 5.74) is 2.91. The van der Waals surface area contributed by atoms with Crippen LogP contribution in [0.3, 0.4) is 0 Å². The molecule has 0 aromatic carbocycles. The smallest absolute Gasteiger partial charge is 0.159 e. The highest BCUT2D eigenvalue weighted by Gasteiger charge is 2.61. The lowest BCUT2D eigenvalue weighted by Gasteiger charge is -2.59. The van der Waals surface area contributed by atoms with Crippen molar-refractivity contribution in [3.8, 4) is 0 Å². The summed E-state index contributed by atoms with van der Waals surface area (Å²) in [5, 5.41) is 0. The van der Waals surface area contributed by atoms with Gasteiger partial charge >= 0.3 is 0 Å². The predicted octanol–water partition coefficient (Wildman–Crippen LogP) is 9.12. The summed E-state index contributed by atoms with van der Waals surface area (Å²) < 4.78 is 0. The average Bonchev–Trinajstić information content (AvgIpc) is 3.06. The van der Waals surface area contributed by atoms with Crippen LogP contribution in [0.1, 0.15) is 121 Å². The van der Waals surface area contributed by atoms with Gasteiger partial charge in [0.05, 0.1) is 0 Å². The minimum Gasteiger partial charge on any atom is -0.295 e. The number of carbonyl (C=O) groups excluding carboxylic acids is 1. The van der Waals surface area contributed by atoms with Gasteiger partial charge < -0.3 is 0 Å². The van der Waals surface area contributed by atoms with Gasteiger partial charge in [-0.1, -0.05) is 74.8 Å². The lowest BCUT2D eigenvalue weighted by atomic mass is 9.45. The molecule has 0 aromatic rings. The van der Waals surface area contributed by atoms with Crippen molar-refractivity contribution in [3.05, 3.63) is 11.6 Å². The number of rotatable bonds is 4. The molecule has 1 heteroatoms. The summed E-state index contributed by atoms with van der Waals surface area (Å²) in [6.45, 7) is 24.8. The van der Waals surface area contributed by atoms with E-state index in [1.54, 1.807) is 5.57 Å². The topological polar surface area (TPSA) is 17.1 Å². The van der Waals surface area contributed by atoms with Gasteiger partial charge in [0.15, 0.2) is 5.78 Å². The van der Waals surface area contributed by atoms with E-state index in [9.17, 15) is 4.79 Å². The van der Waals surface area contributed by atoms with Crippen LogP contribution in [-0.2, 0) is 4.79 Å². The van der Waals surface area contributed by atoms with Crippen molar-refractivity contribution >= 4 is 5.78 Å². The van der Waals surface area contributed by atoms with E-state index in [2.05, 4.69) is 75.3 Å². The van der Waals surface area contributed by atoms with E-state index in [4.69, 9.17) is 0 Å². The minimum atomic E-state index is 0.196. The van der Waals surface area contributed by atoms with Crippen LogP contribution in [0, 0.1) is 63.1 Å². The standard InChI is InChI=1S/C32H54O/c1-20-17-26-27(33)18-23-24-11-12-28(30(7,8)22(3)13-15-29(4,5)6)31(24,9)16-14-25(23)32(26,10)19-21(20)2/h18,20-22,24-26,28H,11-17,19H2,1-10H3/t20-,21+,22-,24?,25?,26+,28-,31+,32-/m1/s1. The van der Waals surface area contributed by atoms with Crippen LogP contribution in [0.4, 0.5) is 0 Å². The van der Waals surface area contributed by atoms with Crippen LogP contribution in [0.5, 0.6) is 0 Å². The Bertz CT molecular complexity index is 796.